The molecule has 10 nitrogen and oxygen atoms in total. The van der Waals surface area contributed by atoms with Crippen LogP contribution in [0.25, 0.3) is 0 Å². The summed E-state index contributed by atoms with van der Waals surface area (Å²) >= 11 is 0. The lowest BCUT2D eigenvalue weighted by Crippen LogP contribution is -2.56. The van der Waals surface area contributed by atoms with Gasteiger partial charge in [0.05, 0.1) is 12.8 Å². The Balaban J connectivity index is 1.45. The lowest BCUT2D eigenvalue weighted by atomic mass is 9.96. The van der Waals surface area contributed by atoms with Crippen LogP contribution in [0, 0.1) is 0 Å². The van der Waals surface area contributed by atoms with E-state index < -0.39 is 20.2 Å². The predicted molar refractivity (Wildman–Crippen MR) is 115 cm³/mol. The van der Waals surface area contributed by atoms with Crippen molar-refractivity contribution in [1.82, 2.24) is 22.7 Å². The summed E-state index contributed by atoms with van der Waals surface area (Å²) in [6.45, 7) is 3.49. The highest BCUT2D eigenvalue weighted by Crippen LogP contribution is 2.25. The van der Waals surface area contributed by atoms with Gasteiger partial charge in [0.25, 0.3) is 10.2 Å². The van der Waals surface area contributed by atoms with E-state index in [1.54, 1.807) is 16.3 Å². The van der Waals surface area contributed by atoms with Gasteiger partial charge >= 0.3 is 0 Å². The Morgan fingerprint density at radius 2 is 1.37 bits per heavy atom. The van der Waals surface area contributed by atoms with Crippen molar-refractivity contribution < 1.29 is 21.6 Å². The van der Waals surface area contributed by atoms with Crippen molar-refractivity contribution in [2.45, 2.75) is 38.1 Å². The number of hydrogen-bond donors (Lipinski definition) is 0. The number of nitrogens with zero attached hydrogens (tertiary/aromatic N) is 5. The monoisotopic (exact) mass is 465 g/mol. The van der Waals surface area contributed by atoms with Crippen LogP contribution >= 0.6 is 0 Å². The first kappa shape index (κ1) is 23.9. The zero-order chi connectivity index (χ0) is 21.9. The minimum absolute atomic E-state index is 0.0289. The van der Waals surface area contributed by atoms with Crippen LogP contribution in [0.4, 0.5) is 0 Å². The molecule has 0 unspecified atom stereocenters. The second-order valence-electron chi connectivity index (χ2n) is 8.53. The molecule has 0 atom stereocenters. The largest absolute Gasteiger partial charge is 0.339 e. The van der Waals surface area contributed by atoms with Gasteiger partial charge in [-0.25, -0.2) is 8.42 Å². The van der Waals surface area contributed by atoms with Crippen molar-refractivity contribution in [3.63, 3.8) is 0 Å². The van der Waals surface area contributed by atoms with E-state index in [1.807, 2.05) is 4.90 Å². The van der Waals surface area contributed by atoms with Crippen LogP contribution in [0.5, 0.6) is 0 Å². The molecule has 0 spiro atoms. The van der Waals surface area contributed by atoms with E-state index in [2.05, 4.69) is 0 Å². The number of piperazine rings is 2. The Labute approximate surface area is 181 Å². The fourth-order valence-electron chi connectivity index (χ4n) is 4.49. The van der Waals surface area contributed by atoms with E-state index in [-0.39, 0.29) is 18.5 Å². The molecule has 12 heteroatoms. The standard InChI is InChI=1S/C18H35N5O5S2/c1-19(17-6-4-3-5-7-17)30(27,28)23-12-8-20(9-13-23)16-18(24)21-10-14-22(15-11-21)29(2,25)26/h17H,3-16H2,1-2H3. The maximum atomic E-state index is 13.0. The van der Waals surface area contributed by atoms with Crippen LogP contribution in [0.1, 0.15) is 32.1 Å². The lowest BCUT2D eigenvalue weighted by molar-refractivity contribution is -0.133. The molecule has 0 aromatic heterocycles. The number of carbonyl (C=O) groups excluding carboxylic acids is 1. The van der Waals surface area contributed by atoms with Gasteiger partial charge in [0, 0.05) is 65.4 Å². The maximum absolute atomic E-state index is 13.0. The fourth-order valence-corrected chi connectivity index (χ4v) is 6.90. The van der Waals surface area contributed by atoms with Crippen LogP contribution in [0.2, 0.25) is 0 Å². The van der Waals surface area contributed by atoms with Gasteiger partial charge in [0.15, 0.2) is 0 Å². The zero-order valence-corrected chi connectivity index (χ0v) is 19.7. The number of sulfonamides is 1. The molecule has 30 heavy (non-hydrogen) atoms. The highest BCUT2D eigenvalue weighted by molar-refractivity contribution is 7.88. The molecule has 3 rings (SSSR count). The average Bonchev–Trinajstić information content (AvgIpc) is 2.73. The van der Waals surface area contributed by atoms with Crippen LogP contribution in [-0.4, -0.2) is 124 Å². The summed E-state index contributed by atoms with van der Waals surface area (Å²) in [4.78, 5) is 16.3. The molecule has 0 N–H and O–H groups in total. The molecule has 3 fully saturated rings. The quantitative estimate of drug-likeness (QED) is 0.510. The Morgan fingerprint density at radius 3 is 1.90 bits per heavy atom. The second kappa shape index (κ2) is 9.78. The minimum atomic E-state index is -3.47. The number of hydrogen-bond acceptors (Lipinski definition) is 6. The number of carbonyl (C=O) groups is 1. The molecule has 1 saturated carbocycles. The Hall–Kier alpha value is -0.790. The third-order valence-corrected chi connectivity index (χ3v) is 9.88. The molecule has 1 aliphatic carbocycles. The van der Waals surface area contributed by atoms with Crippen LogP contribution < -0.4 is 0 Å². The topological polar surface area (TPSA) is 102 Å². The van der Waals surface area contributed by atoms with Gasteiger partial charge in [-0.1, -0.05) is 19.3 Å². The lowest BCUT2D eigenvalue weighted by Gasteiger charge is -2.39. The first-order valence-corrected chi connectivity index (χ1v) is 14.0. The summed E-state index contributed by atoms with van der Waals surface area (Å²) < 4.78 is 53.6. The van der Waals surface area contributed by atoms with Gasteiger partial charge in [-0.2, -0.15) is 21.3 Å². The van der Waals surface area contributed by atoms with Crippen LogP contribution in [0.15, 0.2) is 0 Å². The van der Waals surface area contributed by atoms with Gasteiger partial charge in [0.2, 0.25) is 15.9 Å². The third kappa shape index (κ3) is 5.71. The Kier molecular flexibility index (Phi) is 7.78. The second-order valence-corrected chi connectivity index (χ2v) is 12.5. The number of amides is 1. The fraction of sp³-hybridized carbons (Fsp3) is 0.944. The Morgan fingerprint density at radius 1 is 0.833 bits per heavy atom. The van der Waals surface area contributed by atoms with E-state index >= 15 is 0 Å². The molecule has 2 saturated heterocycles. The van der Waals surface area contributed by atoms with Crippen molar-refractivity contribution >= 4 is 26.1 Å². The third-order valence-electron chi connectivity index (χ3n) is 6.53. The first-order chi connectivity index (χ1) is 14.1. The maximum Gasteiger partial charge on any atom is 0.282 e. The molecule has 1 amide bonds. The van der Waals surface area contributed by atoms with Gasteiger partial charge in [-0.15, -0.1) is 0 Å². The molecular weight excluding hydrogens is 430 g/mol. The predicted octanol–water partition coefficient (Wildman–Crippen LogP) is -0.783. The summed E-state index contributed by atoms with van der Waals surface area (Å²) in [7, 11) is -5.00. The zero-order valence-electron chi connectivity index (χ0n) is 18.1. The summed E-state index contributed by atoms with van der Waals surface area (Å²) in [6, 6.07) is 0.0916. The van der Waals surface area contributed by atoms with Crippen LogP contribution in [-0.2, 0) is 25.0 Å². The minimum Gasteiger partial charge on any atom is -0.339 e. The highest BCUT2D eigenvalue weighted by atomic mass is 32.2. The van der Waals surface area contributed by atoms with Crippen molar-refractivity contribution in [2.75, 3.05) is 72.2 Å². The van der Waals surface area contributed by atoms with E-state index in [1.165, 1.54) is 21.3 Å². The highest BCUT2D eigenvalue weighted by Gasteiger charge is 2.35. The average molecular weight is 466 g/mol. The van der Waals surface area contributed by atoms with Gasteiger partial charge < -0.3 is 4.90 Å². The molecule has 2 aliphatic heterocycles. The molecular formula is C18H35N5O5S2. The van der Waals surface area contributed by atoms with Gasteiger partial charge in [-0.3, -0.25) is 9.69 Å². The van der Waals surface area contributed by atoms with Crippen molar-refractivity contribution in [1.29, 1.82) is 0 Å². The first-order valence-electron chi connectivity index (χ1n) is 10.8. The molecule has 2 heterocycles. The van der Waals surface area contributed by atoms with Crippen LogP contribution in [0.3, 0.4) is 0 Å². The van der Waals surface area contributed by atoms with E-state index in [0.717, 1.165) is 25.7 Å². The van der Waals surface area contributed by atoms with Gasteiger partial charge in [-0.05, 0) is 12.8 Å². The van der Waals surface area contributed by atoms with Gasteiger partial charge in [0.1, 0.15) is 0 Å². The van der Waals surface area contributed by atoms with E-state index in [4.69, 9.17) is 0 Å². The summed E-state index contributed by atoms with van der Waals surface area (Å²) in [5, 5.41) is 0. The summed E-state index contributed by atoms with van der Waals surface area (Å²) in [5.74, 6) is -0.0289. The van der Waals surface area contributed by atoms with Crippen molar-refractivity contribution in [3.8, 4) is 0 Å². The SMILES string of the molecule is CN(C1CCCCC1)S(=O)(=O)N1CCN(CC(=O)N2CCN(S(C)(=O)=O)CC2)CC1. The summed E-state index contributed by atoms with van der Waals surface area (Å²) in [5.41, 5.74) is 0. The summed E-state index contributed by atoms with van der Waals surface area (Å²) in [6.07, 6.45) is 6.38. The normalized spacial score (nSPS) is 24.4. The molecule has 0 bridgehead atoms. The molecule has 0 radical (unpaired) electrons. The molecule has 0 aromatic carbocycles. The molecule has 174 valence electrons. The molecule has 0 aromatic rings. The smallest absolute Gasteiger partial charge is 0.282 e. The Bertz CT molecular complexity index is 797. The van der Waals surface area contributed by atoms with E-state index in [9.17, 15) is 21.6 Å². The molecule has 3 aliphatic rings. The number of rotatable bonds is 6. The van der Waals surface area contributed by atoms with Crippen molar-refractivity contribution in [2.24, 2.45) is 0 Å². The van der Waals surface area contributed by atoms with Crippen molar-refractivity contribution in [3.05, 3.63) is 0 Å². The van der Waals surface area contributed by atoms with E-state index in [0.29, 0.717) is 52.4 Å².